The van der Waals surface area contributed by atoms with E-state index in [-0.39, 0.29) is 29.0 Å². The third-order valence-electron chi connectivity index (χ3n) is 7.58. The van der Waals surface area contributed by atoms with E-state index in [1.54, 1.807) is 12.2 Å². The van der Waals surface area contributed by atoms with Crippen LogP contribution >= 0.6 is 0 Å². The summed E-state index contributed by atoms with van der Waals surface area (Å²) in [5.41, 5.74) is 0.299. The van der Waals surface area contributed by atoms with Crippen LogP contribution in [-0.2, 0) is 4.79 Å². The fraction of sp³-hybridized carbons (Fsp3) is 0.750. The van der Waals surface area contributed by atoms with E-state index in [9.17, 15) is 15.0 Å². The Morgan fingerprint density at radius 1 is 1.22 bits per heavy atom. The quantitative estimate of drug-likeness (QED) is 0.781. The highest BCUT2D eigenvalue weighted by molar-refractivity contribution is 5.95. The monoisotopic (exact) mass is 318 g/mol. The van der Waals surface area contributed by atoms with Crippen molar-refractivity contribution in [2.24, 2.45) is 34.5 Å². The molecule has 0 bridgehead atoms. The van der Waals surface area contributed by atoms with Gasteiger partial charge in [0.15, 0.2) is 5.78 Å². The normalized spacial score (nSPS) is 49.0. The van der Waals surface area contributed by atoms with Gasteiger partial charge in [0.25, 0.3) is 0 Å². The molecular weight excluding hydrogens is 288 g/mol. The van der Waals surface area contributed by atoms with Crippen LogP contribution in [0.5, 0.6) is 0 Å². The number of allylic oxidation sites excluding steroid dienone is 3. The minimum Gasteiger partial charge on any atom is -0.392 e. The van der Waals surface area contributed by atoms with Gasteiger partial charge in [-0.1, -0.05) is 40.3 Å². The summed E-state index contributed by atoms with van der Waals surface area (Å²) in [5.74, 6) is 0.713. The SMILES string of the molecule is C=CC1=CC(=O)[C@@H]2C(CC[C@@H]3C(C)(C)[C@H](O)C[C@H](O)[C@@]23C)[C@@H]1C. The Bertz CT molecular complexity index is 561. The fourth-order valence-corrected chi connectivity index (χ4v) is 6.06. The Morgan fingerprint density at radius 3 is 2.48 bits per heavy atom. The largest absolute Gasteiger partial charge is 0.392 e. The number of carbonyl (C=O) groups excluding carboxylic acids is 1. The van der Waals surface area contributed by atoms with Crippen molar-refractivity contribution in [3.63, 3.8) is 0 Å². The molecule has 2 N–H and O–H groups in total. The second-order valence-electron chi connectivity index (χ2n) is 8.77. The summed E-state index contributed by atoms with van der Waals surface area (Å²) in [4.78, 5) is 12.9. The molecule has 0 saturated heterocycles. The van der Waals surface area contributed by atoms with Crippen molar-refractivity contribution in [2.45, 2.75) is 59.2 Å². The number of aliphatic hydroxyl groups excluding tert-OH is 2. The average molecular weight is 318 g/mol. The Labute approximate surface area is 139 Å². The molecule has 3 rings (SSSR count). The van der Waals surface area contributed by atoms with Crippen molar-refractivity contribution in [2.75, 3.05) is 0 Å². The maximum absolute atomic E-state index is 12.9. The first-order chi connectivity index (χ1) is 10.7. The second kappa shape index (κ2) is 5.29. The summed E-state index contributed by atoms with van der Waals surface area (Å²) in [6.45, 7) is 12.3. The Kier molecular flexibility index (Phi) is 3.89. The van der Waals surface area contributed by atoms with Crippen molar-refractivity contribution < 1.29 is 15.0 Å². The lowest BCUT2D eigenvalue weighted by atomic mass is 9.42. The lowest BCUT2D eigenvalue weighted by Crippen LogP contribution is -2.64. The van der Waals surface area contributed by atoms with E-state index in [1.807, 2.05) is 0 Å². The van der Waals surface area contributed by atoms with E-state index in [0.717, 1.165) is 18.4 Å². The highest BCUT2D eigenvalue weighted by atomic mass is 16.3. The lowest BCUT2D eigenvalue weighted by Gasteiger charge is -2.63. The molecule has 2 fully saturated rings. The van der Waals surface area contributed by atoms with Crippen molar-refractivity contribution in [3.8, 4) is 0 Å². The van der Waals surface area contributed by atoms with Crippen molar-refractivity contribution in [1.29, 1.82) is 0 Å². The van der Waals surface area contributed by atoms with Gasteiger partial charge in [-0.25, -0.2) is 0 Å². The highest BCUT2D eigenvalue weighted by Crippen LogP contribution is 2.63. The van der Waals surface area contributed by atoms with Crippen molar-refractivity contribution >= 4 is 5.78 Å². The third kappa shape index (κ3) is 2.12. The molecule has 3 aliphatic carbocycles. The highest BCUT2D eigenvalue weighted by Gasteiger charge is 2.63. The topological polar surface area (TPSA) is 57.5 Å². The number of aliphatic hydroxyl groups is 2. The zero-order chi connectivity index (χ0) is 17.2. The van der Waals surface area contributed by atoms with Gasteiger partial charge in [0.05, 0.1) is 12.2 Å². The summed E-state index contributed by atoms with van der Waals surface area (Å²) in [7, 11) is 0. The van der Waals surface area contributed by atoms with Gasteiger partial charge >= 0.3 is 0 Å². The summed E-state index contributed by atoms with van der Waals surface area (Å²) in [6, 6.07) is 0. The van der Waals surface area contributed by atoms with Gasteiger partial charge < -0.3 is 10.2 Å². The summed E-state index contributed by atoms with van der Waals surface area (Å²) >= 11 is 0. The van der Waals surface area contributed by atoms with E-state index >= 15 is 0 Å². The van der Waals surface area contributed by atoms with Crippen LogP contribution in [0.15, 0.2) is 24.3 Å². The molecule has 23 heavy (non-hydrogen) atoms. The van der Waals surface area contributed by atoms with Gasteiger partial charge in [-0.3, -0.25) is 4.79 Å². The van der Waals surface area contributed by atoms with E-state index in [1.165, 1.54) is 0 Å². The van der Waals surface area contributed by atoms with Crippen LogP contribution in [-0.4, -0.2) is 28.2 Å². The first-order valence-corrected chi connectivity index (χ1v) is 8.89. The Morgan fingerprint density at radius 2 is 1.87 bits per heavy atom. The molecule has 0 aromatic rings. The number of rotatable bonds is 1. The predicted molar refractivity (Wildman–Crippen MR) is 90.7 cm³/mol. The van der Waals surface area contributed by atoms with Gasteiger partial charge in [0, 0.05) is 17.8 Å². The first kappa shape index (κ1) is 16.9. The molecule has 3 heteroatoms. The second-order valence-corrected chi connectivity index (χ2v) is 8.77. The molecule has 3 aliphatic rings. The minimum absolute atomic E-state index is 0.140. The van der Waals surface area contributed by atoms with Gasteiger partial charge in [-0.15, -0.1) is 0 Å². The molecule has 0 aromatic carbocycles. The molecule has 0 spiro atoms. The van der Waals surface area contributed by atoms with Crippen LogP contribution in [0.2, 0.25) is 0 Å². The molecule has 7 atom stereocenters. The lowest BCUT2D eigenvalue weighted by molar-refractivity contribution is -0.209. The van der Waals surface area contributed by atoms with Crippen LogP contribution in [0.3, 0.4) is 0 Å². The van der Waals surface area contributed by atoms with Gasteiger partial charge in [-0.05, 0) is 47.7 Å². The third-order valence-corrected chi connectivity index (χ3v) is 7.58. The molecule has 2 saturated carbocycles. The molecule has 0 radical (unpaired) electrons. The molecular formula is C20H30O3. The molecule has 128 valence electrons. The standard InChI is InChI=1S/C20H30O3/c1-6-12-9-14(21)18-13(11(12)2)7-8-15-19(3,4)16(22)10-17(23)20(15,18)5/h6,9,11,13,15-18,22-23H,1,7-8,10H2,2-5H3/t11-,13?,15-,16-,17+,18+,20+/m1/s1. The fourth-order valence-electron chi connectivity index (χ4n) is 6.06. The Hall–Kier alpha value is -0.930. The van der Waals surface area contributed by atoms with Gasteiger partial charge in [0.2, 0.25) is 0 Å². The smallest absolute Gasteiger partial charge is 0.159 e. The zero-order valence-electron chi connectivity index (χ0n) is 14.7. The minimum atomic E-state index is -0.627. The number of fused-ring (bicyclic) bond motifs is 3. The Balaban J connectivity index is 2.09. The molecule has 3 nitrogen and oxygen atoms in total. The average Bonchev–Trinajstić information content (AvgIpc) is 2.48. The number of hydrogen-bond acceptors (Lipinski definition) is 3. The number of hydrogen-bond donors (Lipinski definition) is 2. The van der Waals surface area contributed by atoms with Gasteiger partial charge in [-0.2, -0.15) is 0 Å². The molecule has 0 heterocycles. The maximum atomic E-state index is 12.9. The summed E-state index contributed by atoms with van der Waals surface area (Å²) in [6.07, 6.45) is 4.71. The van der Waals surface area contributed by atoms with E-state index in [4.69, 9.17) is 0 Å². The molecule has 1 unspecified atom stereocenters. The van der Waals surface area contributed by atoms with Crippen LogP contribution in [0.1, 0.15) is 47.0 Å². The van der Waals surface area contributed by atoms with Crippen LogP contribution in [0, 0.1) is 34.5 Å². The summed E-state index contributed by atoms with van der Waals surface area (Å²) < 4.78 is 0. The first-order valence-electron chi connectivity index (χ1n) is 8.89. The van der Waals surface area contributed by atoms with Crippen LogP contribution in [0.25, 0.3) is 0 Å². The molecule has 0 aromatic heterocycles. The zero-order valence-corrected chi connectivity index (χ0v) is 14.7. The predicted octanol–water partition coefficient (Wildman–Crippen LogP) is 3.12. The maximum Gasteiger partial charge on any atom is 0.159 e. The van der Waals surface area contributed by atoms with Crippen LogP contribution < -0.4 is 0 Å². The van der Waals surface area contributed by atoms with E-state index in [0.29, 0.717) is 12.3 Å². The van der Waals surface area contributed by atoms with E-state index in [2.05, 4.69) is 34.3 Å². The molecule has 0 aliphatic heterocycles. The molecule has 0 amide bonds. The number of carbonyl (C=O) groups is 1. The number of ketones is 1. The van der Waals surface area contributed by atoms with E-state index < -0.39 is 17.6 Å². The summed E-state index contributed by atoms with van der Waals surface area (Å²) in [5, 5.41) is 21.4. The van der Waals surface area contributed by atoms with Crippen molar-refractivity contribution in [1.82, 2.24) is 0 Å². The van der Waals surface area contributed by atoms with Gasteiger partial charge in [0.1, 0.15) is 0 Å². The van der Waals surface area contributed by atoms with Crippen molar-refractivity contribution in [3.05, 3.63) is 24.3 Å². The van der Waals surface area contributed by atoms with Crippen LogP contribution in [0.4, 0.5) is 0 Å².